The first-order valence-electron chi connectivity index (χ1n) is 3.70. The van der Waals surface area contributed by atoms with Crippen LogP contribution in [-0.4, -0.2) is 23.8 Å². The Balaban J connectivity index is 0.000000810. The van der Waals surface area contributed by atoms with Gasteiger partial charge >= 0.3 is 0 Å². The van der Waals surface area contributed by atoms with Crippen LogP contribution in [0.2, 0.25) is 0 Å². The largest absolute Gasteiger partial charge is 0.395 e. The highest BCUT2D eigenvalue weighted by molar-refractivity contribution is 5.85. The maximum absolute atomic E-state index is 8.75. The Morgan fingerprint density at radius 3 is 2.60 bits per heavy atom. The van der Waals surface area contributed by atoms with E-state index in [2.05, 4.69) is 12.2 Å². The molecule has 1 rings (SSSR count). The van der Waals surface area contributed by atoms with Crippen molar-refractivity contribution in [3.05, 3.63) is 0 Å². The van der Waals surface area contributed by atoms with E-state index in [0.29, 0.717) is 18.7 Å². The van der Waals surface area contributed by atoms with Gasteiger partial charge in [0, 0.05) is 12.1 Å². The highest BCUT2D eigenvalue weighted by Gasteiger charge is 2.15. The van der Waals surface area contributed by atoms with Crippen molar-refractivity contribution in [2.75, 3.05) is 6.61 Å². The molecule has 1 saturated heterocycles. The Morgan fingerprint density at radius 2 is 2.20 bits per heavy atom. The topological polar surface area (TPSA) is 32.3 Å². The number of aliphatic hydroxyl groups is 1. The van der Waals surface area contributed by atoms with Crippen LogP contribution in [0.5, 0.6) is 0 Å². The van der Waals surface area contributed by atoms with E-state index in [4.69, 9.17) is 5.11 Å². The van der Waals surface area contributed by atoms with Crippen LogP contribution >= 0.6 is 12.4 Å². The molecule has 2 atom stereocenters. The van der Waals surface area contributed by atoms with Crippen molar-refractivity contribution in [3.8, 4) is 0 Å². The summed E-state index contributed by atoms with van der Waals surface area (Å²) >= 11 is 0. The Labute approximate surface area is 68.4 Å². The molecular weight excluding hydrogens is 150 g/mol. The lowest BCUT2D eigenvalue weighted by molar-refractivity contribution is 0.202. The average molecular weight is 166 g/mol. The third kappa shape index (κ3) is 2.86. The first-order chi connectivity index (χ1) is 4.33. The van der Waals surface area contributed by atoms with Gasteiger partial charge in [0.25, 0.3) is 0 Å². The van der Waals surface area contributed by atoms with Crippen LogP contribution < -0.4 is 5.32 Å². The lowest BCUT2D eigenvalue weighted by atomic mass is 10.0. The molecule has 1 fully saturated rings. The van der Waals surface area contributed by atoms with Gasteiger partial charge in [-0.1, -0.05) is 6.42 Å². The van der Waals surface area contributed by atoms with Gasteiger partial charge in [-0.25, -0.2) is 0 Å². The fourth-order valence-electron chi connectivity index (χ4n) is 1.38. The van der Waals surface area contributed by atoms with Crippen LogP contribution in [0.15, 0.2) is 0 Å². The minimum absolute atomic E-state index is 0. The van der Waals surface area contributed by atoms with Crippen molar-refractivity contribution < 1.29 is 5.11 Å². The normalized spacial score (nSPS) is 33.0. The summed E-state index contributed by atoms with van der Waals surface area (Å²) in [6.07, 6.45) is 3.66. The molecule has 0 aliphatic carbocycles. The minimum Gasteiger partial charge on any atom is -0.395 e. The molecule has 0 aromatic heterocycles. The molecule has 0 unspecified atom stereocenters. The number of piperidine rings is 1. The number of nitrogens with one attached hydrogen (secondary N) is 1. The zero-order valence-electron chi connectivity index (χ0n) is 6.34. The molecule has 0 saturated carbocycles. The SMILES string of the molecule is C[C@H]1CCC[C@@H](CO)N1.Cl. The van der Waals surface area contributed by atoms with Crippen molar-refractivity contribution in [1.29, 1.82) is 0 Å². The summed E-state index contributed by atoms with van der Waals surface area (Å²) in [6.45, 7) is 2.46. The first-order valence-corrected chi connectivity index (χ1v) is 3.70. The van der Waals surface area contributed by atoms with Gasteiger partial charge in [0.2, 0.25) is 0 Å². The number of hydrogen-bond donors (Lipinski definition) is 2. The lowest BCUT2D eigenvalue weighted by Gasteiger charge is -2.26. The molecule has 2 N–H and O–H groups in total. The zero-order valence-corrected chi connectivity index (χ0v) is 7.16. The summed E-state index contributed by atoms with van der Waals surface area (Å²) in [5.41, 5.74) is 0. The van der Waals surface area contributed by atoms with Crippen LogP contribution in [0.4, 0.5) is 0 Å². The Morgan fingerprint density at radius 1 is 1.50 bits per heavy atom. The van der Waals surface area contributed by atoms with Gasteiger partial charge in [-0.3, -0.25) is 0 Å². The highest BCUT2D eigenvalue weighted by atomic mass is 35.5. The van der Waals surface area contributed by atoms with Gasteiger partial charge in [-0.15, -0.1) is 12.4 Å². The predicted molar refractivity (Wildman–Crippen MR) is 44.6 cm³/mol. The summed E-state index contributed by atoms with van der Waals surface area (Å²) in [5, 5.41) is 12.1. The molecule has 0 spiro atoms. The maximum Gasteiger partial charge on any atom is 0.0584 e. The van der Waals surface area contributed by atoms with Gasteiger partial charge in [-0.2, -0.15) is 0 Å². The summed E-state index contributed by atoms with van der Waals surface area (Å²) in [7, 11) is 0. The number of aliphatic hydroxyl groups excluding tert-OH is 1. The van der Waals surface area contributed by atoms with Crippen LogP contribution in [-0.2, 0) is 0 Å². The Bertz CT molecular complexity index is 89.7. The second-order valence-electron chi connectivity index (χ2n) is 2.88. The third-order valence-corrected chi connectivity index (χ3v) is 1.93. The number of halogens is 1. The van der Waals surface area contributed by atoms with E-state index in [1.807, 2.05) is 0 Å². The molecule has 1 heterocycles. The molecule has 1 aliphatic heterocycles. The second kappa shape index (κ2) is 4.94. The second-order valence-corrected chi connectivity index (χ2v) is 2.88. The van der Waals surface area contributed by atoms with Crippen molar-refractivity contribution in [2.24, 2.45) is 0 Å². The van der Waals surface area contributed by atoms with Gasteiger partial charge < -0.3 is 10.4 Å². The predicted octanol–water partition coefficient (Wildman–Crippen LogP) is 0.931. The molecule has 62 valence electrons. The molecule has 0 aromatic carbocycles. The van der Waals surface area contributed by atoms with Gasteiger partial charge in [0.05, 0.1) is 6.61 Å². The molecule has 2 nitrogen and oxygen atoms in total. The molecule has 10 heavy (non-hydrogen) atoms. The van der Waals surface area contributed by atoms with Crippen LogP contribution in [0, 0.1) is 0 Å². The quantitative estimate of drug-likeness (QED) is 0.606. The number of hydrogen-bond acceptors (Lipinski definition) is 2. The fourth-order valence-corrected chi connectivity index (χ4v) is 1.38. The Hall–Kier alpha value is 0.210. The van der Waals surface area contributed by atoms with Gasteiger partial charge in [-0.05, 0) is 19.8 Å². The standard InChI is InChI=1S/C7H15NO.ClH/c1-6-3-2-4-7(5-9)8-6;/h6-9H,2-5H2,1H3;1H/t6-,7-;/m0./s1. The van der Waals surface area contributed by atoms with Crippen LogP contribution in [0.1, 0.15) is 26.2 Å². The van der Waals surface area contributed by atoms with E-state index < -0.39 is 0 Å². The molecule has 0 bridgehead atoms. The first kappa shape index (κ1) is 10.2. The van der Waals surface area contributed by atoms with Gasteiger partial charge in [0.1, 0.15) is 0 Å². The van der Waals surface area contributed by atoms with Crippen molar-refractivity contribution in [2.45, 2.75) is 38.3 Å². The van der Waals surface area contributed by atoms with Gasteiger partial charge in [0.15, 0.2) is 0 Å². The van der Waals surface area contributed by atoms with E-state index in [1.165, 1.54) is 12.8 Å². The zero-order chi connectivity index (χ0) is 6.69. The summed E-state index contributed by atoms with van der Waals surface area (Å²) in [4.78, 5) is 0. The van der Waals surface area contributed by atoms with E-state index in [0.717, 1.165) is 6.42 Å². The van der Waals surface area contributed by atoms with E-state index >= 15 is 0 Å². The molecule has 0 amide bonds. The molecular formula is C7H16ClNO. The average Bonchev–Trinajstić information content (AvgIpc) is 1.88. The fraction of sp³-hybridized carbons (Fsp3) is 1.00. The van der Waals surface area contributed by atoms with E-state index in [9.17, 15) is 0 Å². The minimum atomic E-state index is 0. The van der Waals surface area contributed by atoms with Crippen molar-refractivity contribution >= 4 is 12.4 Å². The molecule has 3 heteroatoms. The summed E-state index contributed by atoms with van der Waals surface area (Å²) in [5.74, 6) is 0. The lowest BCUT2D eigenvalue weighted by Crippen LogP contribution is -2.42. The monoisotopic (exact) mass is 165 g/mol. The molecule has 0 aromatic rings. The smallest absolute Gasteiger partial charge is 0.0584 e. The molecule has 1 aliphatic rings. The van der Waals surface area contributed by atoms with Crippen LogP contribution in [0.25, 0.3) is 0 Å². The summed E-state index contributed by atoms with van der Waals surface area (Å²) < 4.78 is 0. The van der Waals surface area contributed by atoms with E-state index in [-0.39, 0.29) is 12.4 Å². The van der Waals surface area contributed by atoms with Crippen molar-refractivity contribution in [1.82, 2.24) is 5.32 Å². The van der Waals surface area contributed by atoms with Crippen LogP contribution in [0.3, 0.4) is 0 Å². The van der Waals surface area contributed by atoms with Crippen molar-refractivity contribution in [3.63, 3.8) is 0 Å². The number of rotatable bonds is 1. The molecule has 0 radical (unpaired) electrons. The highest BCUT2D eigenvalue weighted by Crippen LogP contribution is 2.10. The third-order valence-electron chi connectivity index (χ3n) is 1.93. The van der Waals surface area contributed by atoms with E-state index in [1.54, 1.807) is 0 Å². The summed E-state index contributed by atoms with van der Waals surface area (Å²) in [6, 6.07) is 0.977. The maximum atomic E-state index is 8.75. The Kier molecular flexibility index (Phi) is 5.04.